The lowest BCUT2D eigenvalue weighted by molar-refractivity contribution is 0.564. The fraction of sp³-hybridized carbons (Fsp3) is 0.250. The topological polar surface area (TPSA) is 71.4 Å². The van der Waals surface area contributed by atoms with Gasteiger partial charge in [-0.2, -0.15) is 0 Å². The third-order valence-electron chi connectivity index (χ3n) is 2.13. The van der Waals surface area contributed by atoms with E-state index in [4.69, 9.17) is 4.55 Å². The summed E-state index contributed by atoms with van der Waals surface area (Å²) in [5, 5.41) is 0. The third-order valence-corrected chi connectivity index (χ3v) is 4.29. The van der Waals surface area contributed by atoms with Gasteiger partial charge in [-0.1, -0.05) is 6.07 Å². The van der Waals surface area contributed by atoms with Crippen LogP contribution in [0.4, 0.5) is 0 Å². The molecule has 0 radical (unpaired) electrons. The van der Waals surface area contributed by atoms with Gasteiger partial charge in [0.15, 0.2) is 20.9 Å². The normalized spacial score (nSPS) is 20.4. The van der Waals surface area contributed by atoms with Crippen molar-refractivity contribution in [3.8, 4) is 0 Å². The van der Waals surface area contributed by atoms with E-state index in [1.807, 2.05) is 0 Å². The Hall–Kier alpha value is -0.720. The fourth-order valence-corrected chi connectivity index (χ4v) is 3.54. The average molecular weight is 232 g/mol. The van der Waals surface area contributed by atoms with Crippen molar-refractivity contribution >= 4 is 20.9 Å². The molecule has 0 amide bonds. The van der Waals surface area contributed by atoms with Crippen LogP contribution in [-0.4, -0.2) is 17.2 Å². The average Bonchev–Trinajstić information content (AvgIpc) is 2.36. The lowest BCUT2D eigenvalue weighted by Gasteiger charge is -1.98. The first kappa shape index (κ1) is 9.82. The smallest absolute Gasteiger partial charge is 0.186 e. The highest BCUT2D eigenvalue weighted by Crippen LogP contribution is 2.26. The second-order valence-electron chi connectivity index (χ2n) is 3.21. The predicted molar refractivity (Wildman–Crippen MR) is 51.8 cm³/mol. The summed E-state index contributed by atoms with van der Waals surface area (Å²) in [6.45, 7) is 0. The number of fused-ring (bicyclic) bond motifs is 1. The van der Waals surface area contributed by atoms with Crippen LogP contribution in [-0.2, 0) is 32.4 Å². The quantitative estimate of drug-likeness (QED) is 0.723. The van der Waals surface area contributed by atoms with Crippen LogP contribution in [0.3, 0.4) is 0 Å². The van der Waals surface area contributed by atoms with Gasteiger partial charge in [-0.3, -0.25) is 0 Å². The number of rotatable bonds is 1. The highest BCUT2D eigenvalue weighted by atomic mass is 32.2. The zero-order valence-corrected chi connectivity index (χ0v) is 8.77. The second-order valence-corrected chi connectivity index (χ2v) is 6.25. The van der Waals surface area contributed by atoms with Crippen molar-refractivity contribution in [3.05, 3.63) is 29.3 Å². The van der Waals surface area contributed by atoms with Gasteiger partial charge in [0.05, 0.1) is 16.4 Å². The molecule has 0 aromatic heterocycles. The van der Waals surface area contributed by atoms with Crippen LogP contribution < -0.4 is 0 Å². The largest absolute Gasteiger partial charge is 0.302 e. The molecule has 6 heteroatoms. The molecule has 1 atom stereocenters. The summed E-state index contributed by atoms with van der Waals surface area (Å²) in [6.07, 6.45) is 0. The first-order valence-corrected chi connectivity index (χ1v) is 6.84. The van der Waals surface area contributed by atoms with Gasteiger partial charge in [-0.05, 0) is 23.3 Å². The summed E-state index contributed by atoms with van der Waals surface area (Å²) in [5.41, 5.74) is 1.38. The molecule has 1 aliphatic heterocycles. The van der Waals surface area contributed by atoms with E-state index in [-0.39, 0.29) is 16.4 Å². The van der Waals surface area contributed by atoms with E-state index in [0.717, 1.165) is 5.56 Å². The van der Waals surface area contributed by atoms with Gasteiger partial charge in [0.2, 0.25) is 0 Å². The van der Waals surface area contributed by atoms with E-state index in [1.54, 1.807) is 6.07 Å². The molecule has 0 bridgehead atoms. The summed E-state index contributed by atoms with van der Waals surface area (Å²) >= 11 is -2.04. The summed E-state index contributed by atoms with van der Waals surface area (Å²) in [5.74, 6) is 0.0219. The maximum atomic E-state index is 11.2. The first-order valence-electron chi connectivity index (χ1n) is 3.91. The monoisotopic (exact) mass is 232 g/mol. The number of hydrogen-bond acceptors (Lipinski definition) is 3. The van der Waals surface area contributed by atoms with E-state index >= 15 is 0 Å². The Morgan fingerprint density at radius 2 is 1.86 bits per heavy atom. The molecule has 14 heavy (non-hydrogen) atoms. The fourth-order valence-electron chi connectivity index (χ4n) is 1.51. The standard InChI is InChI=1S/C8H8O4S2/c9-13(10)8-2-1-6-4-14(11,12)5-7(6)3-8/h1-3H,4-5H2,(H,9,10). The van der Waals surface area contributed by atoms with Gasteiger partial charge < -0.3 is 4.55 Å². The van der Waals surface area contributed by atoms with Gasteiger partial charge in [-0.25, -0.2) is 12.6 Å². The lowest BCUT2D eigenvalue weighted by atomic mass is 10.1. The second kappa shape index (κ2) is 3.15. The van der Waals surface area contributed by atoms with Crippen molar-refractivity contribution < 1.29 is 17.2 Å². The Kier molecular flexibility index (Phi) is 2.21. The molecule has 0 fully saturated rings. The molecule has 2 rings (SSSR count). The van der Waals surface area contributed by atoms with Crippen molar-refractivity contribution in [1.29, 1.82) is 0 Å². The van der Waals surface area contributed by atoms with Crippen LogP contribution in [0.15, 0.2) is 23.1 Å². The van der Waals surface area contributed by atoms with Gasteiger partial charge in [0.25, 0.3) is 0 Å². The van der Waals surface area contributed by atoms with Crippen LogP contribution in [0.25, 0.3) is 0 Å². The molecule has 4 nitrogen and oxygen atoms in total. The van der Waals surface area contributed by atoms with E-state index in [0.29, 0.717) is 5.56 Å². The Bertz CT molecular complexity index is 504. The molecule has 1 aromatic carbocycles. The number of sulfone groups is 1. The minimum atomic E-state index is -3.03. The molecule has 1 aliphatic rings. The van der Waals surface area contributed by atoms with Crippen molar-refractivity contribution in [2.75, 3.05) is 0 Å². The van der Waals surface area contributed by atoms with E-state index in [2.05, 4.69) is 0 Å². The molecule has 1 unspecified atom stereocenters. The lowest BCUT2D eigenvalue weighted by Crippen LogP contribution is -1.95. The molecule has 76 valence electrons. The molecule has 0 saturated carbocycles. The Labute approximate surface area is 84.2 Å². The minimum absolute atomic E-state index is 0.0205. The molecular formula is C8H8O4S2. The molecule has 1 aromatic rings. The van der Waals surface area contributed by atoms with E-state index < -0.39 is 20.9 Å². The van der Waals surface area contributed by atoms with Gasteiger partial charge in [0, 0.05) is 0 Å². The van der Waals surface area contributed by atoms with Crippen molar-refractivity contribution in [1.82, 2.24) is 0 Å². The summed E-state index contributed by atoms with van der Waals surface area (Å²) in [7, 11) is -3.03. The van der Waals surface area contributed by atoms with Gasteiger partial charge >= 0.3 is 0 Å². The summed E-state index contributed by atoms with van der Waals surface area (Å²) in [6, 6.07) is 4.56. The van der Waals surface area contributed by atoms with Crippen molar-refractivity contribution in [2.24, 2.45) is 0 Å². The first-order chi connectivity index (χ1) is 6.48. The SMILES string of the molecule is O=S(O)c1ccc2c(c1)CS(=O)(=O)C2. The number of benzene rings is 1. The van der Waals surface area contributed by atoms with Gasteiger partial charge in [0.1, 0.15) is 0 Å². The van der Waals surface area contributed by atoms with Crippen LogP contribution >= 0.6 is 0 Å². The van der Waals surface area contributed by atoms with Crippen LogP contribution in [0.1, 0.15) is 11.1 Å². The summed E-state index contributed by atoms with van der Waals surface area (Å²) in [4.78, 5) is 0.251. The molecule has 0 spiro atoms. The molecular weight excluding hydrogens is 224 g/mol. The highest BCUT2D eigenvalue weighted by molar-refractivity contribution is 7.90. The van der Waals surface area contributed by atoms with E-state index in [9.17, 15) is 12.6 Å². The van der Waals surface area contributed by atoms with Crippen LogP contribution in [0.2, 0.25) is 0 Å². The predicted octanol–water partition coefficient (Wildman–Crippen LogP) is 0.696. The van der Waals surface area contributed by atoms with Gasteiger partial charge in [-0.15, -0.1) is 0 Å². The minimum Gasteiger partial charge on any atom is -0.302 e. The van der Waals surface area contributed by atoms with Crippen LogP contribution in [0.5, 0.6) is 0 Å². The molecule has 0 saturated heterocycles. The van der Waals surface area contributed by atoms with Crippen LogP contribution in [0, 0.1) is 0 Å². The van der Waals surface area contributed by atoms with Crippen molar-refractivity contribution in [3.63, 3.8) is 0 Å². The molecule has 1 N–H and O–H groups in total. The molecule has 1 heterocycles. The Morgan fingerprint density at radius 3 is 2.50 bits per heavy atom. The zero-order valence-electron chi connectivity index (χ0n) is 7.13. The maximum Gasteiger partial charge on any atom is 0.186 e. The third kappa shape index (κ3) is 1.73. The summed E-state index contributed by atoms with van der Waals surface area (Å²) < 4.78 is 42.0. The Balaban J connectivity index is 2.50. The zero-order chi connectivity index (χ0) is 10.3. The van der Waals surface area contributed by atoms with E-state index in [1.165, 1.54) is 12.1 Å². The Morgan fingerprint density at radius 1 is 1.21 bits per heavy atom. The maximum absolute atomic E-state index is 11.2. The highest BCUT2D eigenvalue weighted by Gasteiger charge is 2.24. The molecule has 0 aliphatic carbocycles. The number of hydrogen-bond donors (Lipinski definition) is 1. The van der Waals surface area contributed by atoms with Crippen molar-refractivity contribution in [2.45, 2.75) is 16.4 Å².